The SMILES string of the molecule is CC(C)(C)C(N)C(=O)NCc1ccccc1OC(F)F. The second-order valence-corrected chi connectivity index (χ2v) is 5.55. The van der Waals surface area contributed by atoms with E-state index in [0.29, 0.717) is 5.56 Å². The van der Waals surface area contributed by atoms with Crippen LogP contribution in [0.25, 0.3) is 0 Å². The number of amides is 1. The second-order valence-electron chi connectivity index (χ2n) is 5.55. The van der Waals surface area contributed by atoms with Crippen LogP contribution in [-0.4, -0.2) is 18.6 Å². The van der Waals surface area contributed by atoms with E-state index < -0.39 is 12.7 Å². The number of alkyl halides is 2. The average Bonchev–Trinajstić information content (AvgIpc) is 2.34. The Bertz CT molecular complexity index is 459. The minimum atomic E-state index is -2.90. The Labute approximate surface area is 117 Å². The van der Waals surface area contributed by atoms with Gasteiger partial charge in [-0.05, 0) is 11.5 Å². The maximum absolute atomic E-state index is 12.3. The molecule has 0 radical (unpaired) electrons. The largest absolute Gasteiger partial charge is 0.434 e. The van der Waals surface area contributed by atoms with E-state index in [4.69, 9.17) is 5.73 Å². The number of hydrogen-bond acceptors (Lipinski definition) is 3. The van der Waals surface area contributed by atoms with Crippen molar-refractivity contribution in [2.45, 2.75) is 40.0 Å². The molecular formula is C14H20F2N2O2. The number of benzene rings is 1. The first-order chi connectivity index (χ1) is 9.21. The minimum Gasteiger partial charge on any atom is -0.434 e. The molecule has 112 valence electrons. The van der Waals surface area contributed by atoms with Crippen molar-refractivity contribution in [2.75, 3.05) is 0 Å². The number of carbonyl (C=O) groups excluding carboxylic acids is 1. The van der Waals surface area contributed by atoms with Gasteiger partial charge in [0.05, 0.1) is 6.04 Å². The van der Waals surface area contributed by atoms with Gasteiger partial charge in [0, 0.05) is 12.1 Å². The number of rotatable bonds is 5. The van der Waals surface area contributed by atoms with Crippen molar-refractivity contribution in [2.24, 2.45) is 11.1 Å². The van der Waals surface area contributed by atoms with Gasteiger partial charge in [-0.1, -0.05) is 39.0 Å². The summed E-state index contributed by atoms with van der Waals surface area (Å²) in [6.45, 7) is 2.75. The molecule has 1 rings (SSSR count). The van der Waals surface area contributed by atoms with Crippen LogP contribution in [0.2, 0.25) is 0 Å². The molecule has 0 aliphatic heterocycles. The maximum Gasteiger partial charge on any atom is 0.387 e. The number of nitrogens with two attached hydrogens (primary N) is 1. The van der Waals surface area contributed by atoms with E-state index in [0.717, 1.165) is 0 Å². The van der Waals surface area contributed by atoms with Crippen LogP contribution in [0.15, 0.2) is 24.3 Å². The van der Waals surface area contributed by atoms with Gasteiger partial charge in [0.15, 0.2) is 0 Å². The molecule has 0 spiro atoms. The monoisotopic (exact) mass is 286 g/mol. The van der Waals surface area contributed by atoms with E-state index in [1.165, 1.54) is 6.07 Å². The van der Waals surface area contributed by atoms with Crippen molar-refractivity contribution in [1.29, 1.82) is 0 Å². The Balaban J connectivity index is 2.68. The quantitative estimate of drug-likeness (QED) is 0.872. The van der Waals surface area contributed by atoms with Crippen molar-refractivity contribution < 1.29 is 18.3 Å². The van der Waals surface area contributed by atoms with Crippen molar-refractivity contribution in [3.05, 3.63) is 29.8 Å². The predicted molar refractivity (Wildman–Crippen MR) is 72.4 cm³/mol. The zero-order chi connectivity index (χ0) is 15.3. The molecule has 1 aromatic carbocycles. The maximum atomic E-state index is 12.3. The van der Waals surface area contributed by atoms with Crippen LogP contribution in [0.4, 0.5) is 8.78 Å². The fourth-order valence-corrected chi connectivity index (χ4v) is 1.55. The number of para-hydroxylation sites is 1. The Hall–Kier alpha value is -1.69. The Morgan fingerprint density at radius 2 is 1.95 bits per heavy atom. The third kappa shape index (κ3) is 4.77. The second kappa shape index (κ2) is 6.65. The molecule has 1 atom stereocenters. The molecule has 0 saturated heterocycles. The molecule has 0 fully saturated rings. The molecule has 0 heterocycles. The number of nitrogens with one attached hydrogen (secondary N) is 1. The standard InChI is InChI=1S/C14H20F2N2O2/c1-14(2,3)11(17)12(19)18-8-9-6-4-5-7-10(9)20-13(15)16/h4-7,11,13H,8,17H2,1-3H3,(H,18,19). The van der Waals surface area contributed by atoms with Gasteiger partial charge in [0.2, 0.25) is 5.91 Å². The molecule has 20 heavy (non-hydrogen) atoms. The van der Waals surface area contributed by atoms with Crippen molar-refractivity contribution in [3.8, 4) is 5.75 Å². The normalized spacial score (nSPS) is 13.2. The van der Waals surface area contributed by atoms with E-state index in [1.54, 1.807) is 18.2 Å². The summed E-state index contributed by atoms with van der Waals surface area (Å²) in [5.41, 5.74) is 5.92. The molecule has 0 aliphatic carbocycles. The molecule has 0 saturated carbocycles. The number of halogens is 2. The summed E-state index contributed by atoms with van der Waals surface area (Å²) >= 11 is 0. The van der Waals surface area contributed by atoms with Gasteiger partial charge in [-0.2, -0.15) is 8.78 Å². The van der Waals surface area contributed by atoms with Crippen molar-refractivity contribution >= 4 is 5.91 Å². The van der Waals surface area contributed by atoms with E-state index in [1.807, 2.05) is 20.8 Å². The zero-order valence-corrected chi connectivity index (χ0v) is 11.8. The van der Waals surface area contributed by atoms with Crippen LogP contribution in [0.1, 0.15) is 26.3 Å². The van der Waals surface area contributed by atoms with E-state index in [9.17, 15) is 13.6 Å². The third-order valence-corrected chi connectivity index (χ3v) is 2.86. The molecule has 6 heteroatoms. The number of carbonyl (C=O) groups is 1. The lowest BCUT2D eigenvalue weighted by molar-refractivity contribution is -0.124. The van der Waals surface area contributed by atoms with Gasteiger partial charge in [-0.15, -0.1) is 0 Å². The lowest BCUT2D eigenvalue weighted by Crippen LogP contribution is -2.48. The van der Waals surface area contributed by atoms with Crippen LogP contribution in [0.5, 0.6) is 5.75 Å². The Morgan fingerprint density at radius 1 is 1.35 bits per heavy atom. The molecule has 1 amide bonds. The first kappa shape index (κ1) is 16.4. The van der Waals surface area contributed by atoms with Gasteiger partial charge in [0.1, 0.15) is 5.75 Å². The van der Waals surface area contributed by atoms with Crippen LogP contribution < -0.4 is 15.8 Å². The molecule has 0 aliphatic rings. The smallest absolute Gasteiger partial charge is 0.387 e. The molecular weight excluding hydrogens is 266 g/mol. The van der Waals surface area contributed by atoms with Gasteiger partial charge in [-0.3, -0.25) is 4.79 Å². The average molecular weight is 286 g/mol. The predicted octanol–water partition coefficient (Wildman–Crippen LogP) is 2.28. The first-order valence-electron chi connectivity index (χ1n) is 6.28. The van der Waals surface area contributed by atoms with Crippen LogP contribution in [-0.2, 0) is 11.3 Å². The number of hydrogen-bond donors (Lipinski definition) is 2. The molecule has 0 bridgehead atoms. The van der Waals surface area contributed by atoms with E-state index in [2.05, 4.69) is 10.1 Å². The first-order valence-corrected chi connectivity index (χ1v) is 6.28. The lowest BCUT2D eigenvalue weighted by atomic mass is 9.87. The molecule has 3 N–H and O–H groups in total. The van der Waals surface area contributed by atoms with Gasteiger partial charge >= 0.3 is 6.61 Å². The van der Waals surface area contributed by atoms with Crippen molar-refractivity contribution in [3.63, 3.8) is 0 Å². The summed E-state index contributed by atoms with van der Waals surface area (Å²) < 4.78 is 28.9. The third-order valence-electron chi connectivity index (χ3n) is 2.86. The Kier molecular flexibility index (Phi) is 5.44. The summed E-state index contributed by atoms with van der Waals surface area (Å²) in [6, 6.07) is 5.64. The topological polar surface area (TPSA) is 64.4 Å². The van der Waals surface area contributed by atoms with E-state index in [-0.39, 0.29) is 23.6 Å². The molecule has 4 nitrogen and oxygen atoms in total. The fourth-order valence-electron chi connectivity index (χ4n) is 1.55. The molecule has 1 unspecified atom stereocenters. The highest BCUT2D eigenvalue weighted by Gasteiger charge is 2.27. The summed E-state index contributed by atoms with van der Waals surface area (Å²) in [5.74, 6) is -0.281. The molecule has 0 aromatic heterocycles. The molecule has 1 aromatic rings. The highest BCUT2D eigenvalue weighted by Crippen LogP contribution is 2.21. The summed E-state index contributed by atoms with van der Waals surface area (Å²) in [7, 11) is 0. The van der Waals surface area contributed by atoms with E-state index >= 15 is 0 Å². The van der Waals surface area contributed by atoms with Gasteiger partial charge in [0.25, 0.3) is 0 Å². The Morgan fingerprint density at radius 3 is 2.50 bits per heavy atom. The van der Waals surface area contributed by atoms with Crippen LogP contribution in [0.3, 0.4) is 0 Å². The lowest BCUT2D eigenvalue weighted by Gasteiger charge is -2.26. The summed E-state index contributed by atoms with van der Waals surface area (Å²) in [4.78, 5) is 11.9. The van der Waals surface area contributed by atoms with Crippen LogP contribution >= 0.6 is 0 Å². The minimum absolute atomic E-state index is 0.0483. The summed E-state index contributed by atoms with van der Waals surface area (Å²) in [5, 5.41) is 2.63. The van der Waals surface area contributed by atoms with Crippen molar-refractivity contribution in [1.82, 2.24) is 5.32 Å². The highest BCUT2D eigenvalue weighted by molar-refractivity contribution is 5.82. The zero-order valence-electron chi connectivity index (χ0n) is 11.8. The van der Waals surface area contributed by atoms with Gasteiger partial charge < -0.3 is 15.8 Å². The van der Waals surface area contributed by atoms with Crippen LogP contribution in [0, 0.1) is 5.41 Å². The summed E-state index contributed by atoms with van der Waals surface area (Å²) in [6.07, 6.45) is 0. The van der Waals surface area contributed by atoms with Gasteiger partial charge in [-0.25, -0.2) is 0 Å². The number of ether oxygens (including phenoxy) is 1. The highest BCUT2D eigenvalue weighted by atomic mass is 19.3. The fraction of sp³-hybridized carbons (Fsp3) is 0.500.